The molecule has 10 heteroatoms. The molecule has 1 N–H and O–H groups in total. The lowest BCUT2D eigenvalue weighted by atomic mass is 10.1. The van der Waals surface area contributed by atoms with Gasteiger partial charge in [-0.25, -0.2) is 8.42 Å². The highest BCUT2D eigenvalue weighted by Crippen LogP contribution is 2.30. The summed E-state index contributed by atoms with van der Waals surface area (Å²) in [5.74, 6) is -0.952. The maximum atomic E-state index is 14.1. The molecule has 0 aliphatic heterocycles. The number of anilines is 1. The number of sulfonamides is 1. The van der Waals surface area contributed by atoms with Crippen molar-refractivity contribution >= 4 is 50.7 Å². The van der Waals surface area contributed by atoms with Crippen molar-refractivity contribution in [2.45, 2.75) is 51.6 Å². The average Bonchev–Trinajstić information content (AvgIpc) is 2.90. The van der Waals surface area contributed by atoms with Gasteiger partial charge >= 0.3 is 0 Å². The molecule has 0 saturated carbocycles. The second-order valence-corrected chi connectivity index (χ2v) is 12.1. The van der Waals surface area contributed by atoms with Crippen LogP contribution >= 0.6 is 23.2 Å². The average molecular weight is 591 g/mol. The smallest absolute Gasteiger partial charge is 0.264 e. The van der Waals surface area contributed by atoms with E-state index in [0.717, 1.165) is 15.4 Å². The number of likely N-dealkylation sites (N-methyl/N-ethyl adjacent to an activating group) is 1. The normalized spacial score (nSPS) is 12.1. The molecule has 3 rings (SSSR count). The van der Waals surface area contributed by atoms with E-state index < -0.39 is 28.5 Å². The molecule has 3 aromatic carbocycles. The van der Waals surface area contributed by atoms with Crippen molar-refractivity contribution in [3.05, 3.63) is 93.0 Å². The summed E-state index contributed by atoms with van der Waals surface area (Å²) in [4.78, 5) is 28.3. The number of carbonyl (C=O) groups excluding carboxylic acids is 2. The Bertz CT molecular complexity index is 1440. The molecule has 0 aliphatic rings. The predicted octanol–water partition coefficient (Wildman–Crippen LogP) is 5.67. The number of nitrogens with zero attached hydrogens (tertiary/aromatic N) is 2. The lowest BCUT2D eigenvalue weighted by Crippen LogP contribution is -2.52. The van der Waals surface area contributed by atoms with Crippen molar-refractivity contribution in [2.75, 3.05) is 17.9 Å². The van der Waals surface area contributed by atoms with Gasteiger partial charge in [0.05, 0.1) is 10.6 Å². The summed E-state index contributed by atoms with van der Waals surface area (Å²) < 4.78 is 29.1. The molecule has 0 saturated heterocycles. The number of amides is 2. The highest BCUT2D eigenvalue weighted by atomic mass is 35.5. The van der Waals surface area contributed by atoms with Crippen LogP contribution < -0.4 is 9.62 Å². The second-order valence-electron chi connectivity index (χ2n) is 9.37. The lowest BCUT2D eigenvalue weighted by Gasteiger charge is -2.33. The Labute approximate surface area is 240 Å². The summed E-state index contributed by atoms with van der Waals surface area (Å²) in [6.07, 6.45) is 0.293. The summed E-state index contributed by atoms with van der Waals surface area (Å²) in [7, 11) is -2.67. The topological polar surface area (TPSA) is 86.8 Å². The van der Waals surface area contributed by atoms with E-state index in [-0.39, 0.29) is 17.3 Å². The quantitative estimate of drug-likeness (QED) is 0.330. The molecule has 2 amide bonds. The van der Waals surface area contributed by atoms with Crippen LogP contribution in [0.5, 0.6) is 0 Å². The van der Waals surface area contributed by atoms with Gasteiger partial charge < -0.3 is 10.2 Å². The lowest BCUT2D eigenvalue weighted by molar-refractivity contribution is -0.140. The van der Waals surface area contributed by atoms with E-state index in [2.05, 4.69) is 5.32 Å². The maximum absolute atomic E-state index is 14.1. The minimum absolute atomic E-state index is 0.0563. The van der Waals surface area contributed by atoms with E-state index >= 15 is 0 Å². The monoisotopic (exact) mass is 589 g/mol. The van der Waals surface area contributed by atoms with Crippen molar-refractivity contribution in [2.24, 2.45) is 0 Å². The van der Waals surface area contributed by atoms with Crippen LogP contribution in [-0.4, -0.2) is 44.8 Å². The molecular weight excluding hydrogens is 557 g/mol. The standard InChI is InChI=1S/C29H33Cl2N3O4S/c1-6-26(29(36)32-5)33(17-23-24(30)8-7-9-25(23)31)28(35)18-34(27-16-20(3)10-13-21(27)4)39(37,38)22-14-11-19(2)12-15-22/h7-16,26H,6,17-18H2,1-5H3,(H,32,36). The van der Waals surface area contributed by atoms with Crippen LogP contribution in [0.4, 0.5) is 5.69 Å². The SMILES string of the molecule is CCC(C(=O)NC)N(Cc1c(Cl)cccc1Cl)C(=O)CN(c1cc(C)ccc1C)S(=O)(=O)c1ccc(C)cc1. The van der Waals surface area contributed by atoms with E-state index in [9.17, 15) is 18.0 Å². The first-order valence-corrected chi connectivity index (χ1v) is 14.7. The van der Waals surface area contributed by atoms with E-state index in [0.29, 0.717) is 33.3 Å². The number of aryl methyl sites for hydroxylation is 3. The van der Waals surface area contributed by atoms with Gasteiger partial charge in [-0.2, -0.15) is 0 Å². The molecule has 208 valence electrons. The third-order valence-electron chi connectivity index (χ3n) is 6.54. The number of hydrogen-bond acceptors (Lipinski definition) is 4. The Hall–Kier alpha value is -3.07. The molecule has 1 atom stereocenters. The molecule has 7 nitrogen and oxygen atoms in total. The second kappa shape index (κ2) is 12.9. The van der Waals surface area contributed by atoms with Crippen LogP contribution in [0.3, 0.4) is 0 Å². The number of benzene rings is 3. The Balaban J connectivity index is 2.14. The highest BCUT2D eigenvalue weighted by molar-refractivity contribution is 7.92. The third kappa shape index (κ3) is 6.93. The number of rotatable bonds is 10. The zero-order chi connectivity index (χ0) is 28.9. The Kier molecular flexibility index (Phi) is 10.0. The summed E-state index contributed by atoms with van der Waals surface area (Å²) >= 11 is 12.8. The van der Waals surface area contributed by atoms with Crippen LogP contribution in [-0.2, 0) is 26.2 Å². The minimum Gasteiger partial charge on any atom is -0.357 e. The highest BCUT2D eigenvalue weighted by Gasteiger charge is 2.34. The Morgan fingerprint density at radius 1 is 0.923 bits per heavy atom. The van der Waals surface area contributed by atoms with Gasteiger partial charge in [-0.15, -0.1) is 0 Å². The van der Waals surface area contributed by atoms with E-state index in [1.54, 1.807) is 50.2 Å². The first kappa shape index (κ1) is 30.5. The van der Waals surface area contributed by atoms with Crippen LogP contribution in [0, 0.1) is 20.8 Å². The molecule has 0 heterocycles. The van der Waals surface area contributed by atoms with Crippen molar-refractivity contribution in [1.82, 2.24) is 10.2 Å². The van der Waals surface area contributed by atoms with Gasteiger partial charge in [0.25, 0.3) is 10.0 Å². The first-order valence-electron chi connectivity index (χ1n) is 12.5. The van der Waals surface area contributed by atoms with Gasteiger partial charge in [0.2, 0.25) is 11.8 Å². The fourth-order valence-electron chi connectivity index (χ4n) is 4.28. The molecular formula is C29H33Cl2N3O4S. The zero-order valence-corrected chi connectivity index (χ0v) is 25.0. The summed E-state index contributed by atoms with van der Waals surface area (Å²) in [5, 5.41) is 3.28. The number of halogens is 2. The molecule has 0 spiro atoms. The molecule has 0 aromatic heterocycles. The largest absolute Gasteiger partial charge is 0.357 e. The summed E-state index contributed by atoms with van der Waals surface area (Å²) in [6, 6.07) is 16.0. The minimum atomic E-state index is -4.15. The van der Waals surface area contributed by atoms with E-state index in [1.165, 1.54) is 24.1 Å². The molecule has 0 aliphatic carbocycles. The van der Waals surface area contributed by atoms with Crippen LogP contribution in [0.2, 0.25) is 10.0 Å². The maximum Gasteiger partial charge on any atom is 0.264 e. The number of carbonyl (C=O) groups is 2. The third-order valence-corrected chi connectivity index (χ3v) is 9.03. The van der Waals surface area contributed by atoms with Crippen molar-refractivity contribution in [3.8, 4) is 0 Å². The van der Waals surface area contributed by atoms with Gasteiger partial charge in [-0.1, -0.05) is 66.0 Å². The van der Waals surface area contributed by atoms with Crippen LogP contribution in [0.1, 0.15) is 35.6 Å². The van der Waals surface area contributed by atoms with E-state index in [1.807, 2.05) is 26.0 Å². The summed E-state index contributed by atoms with van der Waals surface area (Å²) in [5.41, 5.74) is 3.28. The summed E-state index contributed by atoms with van der Waals surface area (Å²) in [6.45, 7) is 6.68. The van der Waals surface area contributed by atoms with Gasteiger partial charge in [-0.3, -0.25) is 13.9 Å². The van der Waals surface area contributed by atoms with Gasteiger partial charge in [0.15, 0.2) is 0 Å². The van der Waals surface area contributed by atoms with Gasteiger partial charge in [0, 0.05) is 29.2 Å². The predicted molar refractivity (Wildman–Crippen MR) is 157 cm³/mol. The fourth-order valence-corrected chi connectivity index (χ4v) is 6.27. The van der Waals surface area contributed by atoms with Gasteiger partial charge in [-0.05, 0) is 68.7 Å². The van der Waals surface area contributed by atoms with Gasteiger partial charge in [0.1, 0.15) is 12.6 Å². The fraction of sp³-hybridized carbons (Fsp3) is 0.310. The molecule has 1 unspecified atom stereocenters. The first-order chi connectivity index (χ1) is 18.4. The Morgan fingerprint density at radius 3 is 2.08 bits per heavy atom. The number of hydrogen-bond donors (Lipinski definition) is 1. The molecule has 0 bridgehead atoms. The Morgan fingerprint density at radius 2 is 1.51 bits per heavy atom. The van der Waals surface area contributed by atoms with Crippen LogP contribution in [0.25, 0.3) is 0 Å². The van der Waals surface area contributed by atoms with E-state index in [4.69, 9.17) is 23.2 Å². The van der Waals surface area contributed by atoms with Crippen molar-refractivity contribution in [3.63, 3.8) is 0 Å². The number of nitrogens with one attached hydrogen (secondary N) is 1. The van der Waals surface area contributed by atoms with Crippen LogP contribution in [0.15, 0.2) is 65.6 Å². The molecule has 3 aromatic rings. The molecule has 0 fully saturated rings. The van der Waals surface area contributed by atoms with Crippen molar-refractivity contribution < 1.29 is 18.0 Å². The molecule has 39 heavy (non-hydrogen) atoms. The van der Waals surface area contributed by atoms with Crippen molar-refractivity contribution in [1.29, 1.82) is 0 Å². The molecule has 0 radical (unpaired) electrons. The zero-order valence-electron chi connectivity index (χ0n) is 22.7.